The Bertz CT molecular complexity index is 536. The molecule has 2 bridgehead atoms. The lowest BCUT2D eigenvalue weighted by Gasteiger charge is -2.36. The molecule has 0 aromatic heterocycles. The molecule has 3 rings (SSSR count). The summed E-state index contributed by atoms with van der Waals surface area (Å²) in [5, 5.41) is -0.359. The number of hydrogen-bond acceptors (Lipinski definition) is 3. The average Bonchev–Trinajstić information content (AvgIpc) is 2.80. The lowest BCUT2D eigenvalue weighted by atomic mass is 9.69. The van der Waals surface area contributed by atoms with Gasteiger partial charge in [-0.25, -0.2) is 12.7 Å². The van der Waals surface area contributed by atoms with Gasteiger partial charge >= 0.3 is 0 Å². The van der Waals surface area contributed by atoms with Crippen molar-refractivity contribution >= 4 is 15.9 Å². The molecule has 5 heteroatoms. The molecule has 4 nitrogen and oxygen atoms in total. The highest BCUT2D eigenvalue weighted by molar-refractivity contribution is 7.90. The third-order valence-corrected chi connectivity index (χ3v) is 8.16. The van der Waals surface area contributed by atoms with Crippen LogP contribution >= 0.6 is 0 Å². The fourth-order valence-electron chi connectivity index (χ4n) is 4.59. The molecular formula is C13H19NO3S. The summed E-state index contributed by atoms with van der Waals surface area (Å²) in [5.41, 5.74) is -0.212. The monoisotopic (exact) mass is 269 g/mol. The smallest absolute Gasteiger partial charge is 0.259 e. The predicted octanol–water partition coefficient (Wildman–Crippen LogP) is 1.54. The third-order valence-electron chi connectivity index (χ3n) is 5.87. The van der Waals surface area contributed by atoms with Crippen LogP contribution in [0.4, 0.5) is 0 Å². The Balaban J connectivity index is 2.12. The minimum atomic E-state index is -3.47. The highest BCUT2D eigenvalue weighted by Crippen LogP contribution is 2.70. The van der Waals surface area contributed by atoms with Crippen LogP contribution in [0.25, 0.3) is 0 Å². The first-order valence-electron chi connectivity index (χ1n) is 6.45. The van der Waals surface area contributed by atoms with Crippen LogP contribution in [0.3, 0.4) is 0 Å². The normalized spacial score (nSPS) is 42.9. The molecule has 0 aromatic carbocycles. The van der Waals surface area contributed by atoms with Gasteiger partial charge in [0.05, 0.1) is 5.25 Å². The van der Waals surface area contributed by atoms with Crippen molar-refractivity contribution in [3.63, 3.8) is 0 Å². The Morgan fingerprint density at radius 2 is 2.11 bits per heavy atom. The van der Waals surface area contributed by atoms with E-state index in [9.17, 15) is 13.2 Å². The van der Waals surface area contributed by atoms with Crippen LogP contribution in [0.2, 0.25) is 0 Å². The highest BCUT2D eigenvalue weighted by atomic mass is 32.2. The van der Waals surface area contributed by atoms with E-state index in [2.05, 4.69) is 20.4 Å². The zero-order valence-corrected chi connectivity index (χ0v) is 11.7. The Morgan fingerprint density at radius 1 is 1.44 bits per heavy atom. The molecule has 3 atom stereocenters. The summed E-state index contributed by atoms with van der Waals surface area (Å²) >= 11 is 0. The van der Waals surface area contributed by atoms with Crippen molar-refractivity contribution in [1.82, 2.24) is 4.31 Å². The van der Waals surface area contributed by atoms with E-state index in [1.165, 1.54) is 0 Å². The van der Waals surface area contributed by atoms with Crippen LogP contribution < -0.4 is 0 Å². The van der Waals surface area contributed by atoms with Crippen molar-refractivity contribution in [1.29, 1.82) is 0 Å². The van der Waals surface area contributed by atoms with E-state index in [4.69, 9.17) is 0 Å². The second-order valence-corrected chi connectivity index (χ2v) is 8.47. The number of carbonyl (C=O) groups is 1. The molecule has 1 amide bonds. The molecule has 1 spiro atoms. The Hall–Kier alpha value is -0.840. The zero-order chi connectivity index (χ0) is 13.3. The SMILES string of the molecule is C=CC(=O)N1CC23CCC(CC2S1(=O)=O)C3(C)C. The molecular weight excluding hydrogens is 250 g/mol. The number of carbonyl (C=O) groups excluding carboxylic acids is 1. The maximum atomic E-state index is 12.5. The molecule has 2 saturated carbocycles. The van der Waals surface area contributed by atoms with Crippen molar-refractivity contribution in [3.8, 4) is 0 Å². The minimum absolute atomic E-state index is 0.0148. The second-order valence-electron chi connectivity index (χ2n) is 6.43. The van der Waals surface area contributed by atoms with E-state index in [1.54, 1.807) is 0 Å². The number of fused-ring (bicyclic) bond motifs is 1. The van der Waals surface area contributed by atoms with Crippen LogP contribution in [0.15, 0.2) is 12.7 Å². The summed E-state index contributed by atoms with van der Waals surface area (Å²) in [5.74, 6) is 0.0104. The summed E-state index contributed by atoms with van der Waals surface area (Å²) in [4.78, 5) is 11.8. The van der Waals surface area contributed by atoms with Gasteiger partial charge in [-0.05, 0) is 36.7 Å². The second kappa shape index (κ2) is 3.18. The maximum Gasteiger partial charge on any atom is 0.259 e. The van der Waals surface area contributed by atoms with E-state index in [0.29, 0.717) is 12.5 Å². The number of hydrogen-bond donors (Lipinski definition) is 0. The molecule has 0 aromatic rings. The Kier molecular flexibility index (Phi) is 2.16. The first-order valence-corrected chi connectivity index (χ1v) is 7.95. The third kappa shape index (κ3) is 1.08. The molecule has 3 aliphatic rings. The molecule has 1 saturated heterocycles. The first-order chi connectivity index (χ1) is 8.27. The zero-order valence-electron chi connectivity index (χ0n) is 10.8. The molecule has 0 radical (unpaired) electrons. The van der Waals surface area contributed by atoms with Crippen LogP contribution in [-0.2, 0) is 14.8 Å². The van der Waals surface area contributed by atoms with Gasteiger partial charge in [0.25, 0.3) is 5.91 Å². The quantitative estimate of drug-likeness (QED) is 0.678. The summed E-state index contributed by atoms with van der Waals surface area (Å²) in [6.45, 7) is 8.10. The van der Waals surface area contributed by atoms with E-state index in [1.807, 2.05) is 0 Å². The number of nitrogens with zero attached hydrogens (tertiary/aromatic N) is 1. The van der Waals surface area contributed by atoms with Gasteiger partial charge < -0.3 is 0 Å². The van der Waals surface area contributed by atoms with Gasteiger partial charge in [0.15, 0.2) is 0 Å². The standard InChI is InChI=1S/C13H19NO3S/c1-4-11(15)14-8-13-6-5-9(12(13,2)3)7-10(13)18(14,16)17/h4,9-10H,1,5-8H2,2-3H3. The topological polar surface area (TPSA) is 54.5 Å². The number of amides is 1. The van der Waals surface area contributed by atoms with Crippen molar-refractivity contribution in [2.45, 2.75) is 38.4 Å². The summed E-state index contributed by atoms with van der Waals surface area (Å²) < 4.78 is 26.1. The molecule has 0 N–H and O–H groups in total. The number of sulfonamides is 1. The lowest BCUT2D eigenvalue weighted by molar-refractivity contribution is -0.122. The van der Waals surface area contributed by atoms with E-state index in [0.717, 1.165) is 29.6 Å². The van der Waals surface area contributed by atoms with Crippen molar-refractivity contribution in [2.24, 2.45) is 16.7 Å². The van der Waals surface area contributed by atoms with Gasteiger partial charge in [0.1, 0.15) is 0 Å². The Labute approximate surface area is 108 Å². The fraction of sp³-hybridized carbons (Fsp3) is 0.769. The van der Waals surface area contributed by atoms with Crippen molar-refractivity contribution in [2.75, 3.05) is 6.54 Å². The summed E-state index contributed by atoms with van der Waals surface area (Å²) in [6.07, 6.45) is 3.84. The molecule has 1 aliphatic heterocycles. The van der Waals surface area contributed by atoms with E-state index < -0.39 is 15.9 Å². The molecule has 3 fully saturated rings. The average molecular weight is 269 g/mol. The van der Waals surface area contributed by atoms with Gasteiger partial charge in [0, 0.05) is 12.0 Å². The van der Waals surface area contributed by atoms with E-state index >= 15 is 0 Å². The fourth-order valence-corrected chi connectivity index (χ4v) is 7.17. The lowest BCUT2D eigenvalue weighted by Crippen LogP contribution is -2.39. The van der Waals surface area contributed by atoms with Gasteiger partial charge in [-0.2, -0.15) is 0 Å². The summed E-state index contributed by atoms with van der Waals surface area (Å²) in [6, 6.07) is 0. The maximum absolute atomic E-state index is 12.5. The molecule has 3 unspecified atom stereocenters. The molecule has 1 heterocycles. The van der Waals surface area contributed by atoms with E-state index in [-0.39, 0.29) is 16.1 Å². The van der Waals surface area contributed by atoms with Gasteiger partial charge in [0.2, 0.25) is 10.0 Å². The first kappa shape index (κ1) is 12.2. The van der Waals surface area contributed by atoms with Gasteiger partial charge in [-0.15, -0.1) is 0 Å². The number of rotatable bonds is 1. The largest absolute Gasteiger partial charge is 0.269 e. The van der Waals surface area contributed by atoms with Crippen LogP contribution in [0.5, 0.6) is 0 Å². The van der Waals surface area contributed by atoms with Crippen LogP contribution in [0, 0.1) is 16.7 Å². The van der Waals surface area contributed by atoms with Crippen molar-refractivity contribution in [3.05, 3.63) is 12.7 Å². The van der Waals surface area contributed by atoms with Crippen molar-refractivity contribution < 1.29 is 13.2 Å². The minimum Gasteiger partial charge on any atom is -0.269 e. The van der Waals surface area contributed by atoms with Crippen LogP contribution in [0.1, 0.15) is 33.1 Å². The molecule has 100 valence electrons. The van der Waals surface area contributed by atoms with Gasteiger partial charge in [-0.1, -0.05) is 20.4 Å². The van der Waals surface area contributed by atoms with Crippen LogP contribution in [-0.4, -0.2) is 30.4 Å². The molecule has 2 aliphatic carbocycles. The summed E-state index contributed by atoms with van der Waals surface area (Å²) in [7, 11) is -3.47. The van der Waals surface area contributed by atoms with Gasteiger partial charge in [-0.3, -0.25) is 4.79 Å². The Morgan fingerprint density at radius 3 is 2.61 bits per heavy atom. The molecule has 18 heavy (non-hydrogen) atoms. The predicted molar refractivity (Wildman–Crippen MR) is 68.2 cm³/mol. The highest BCUT2D eigenvalue weighted by Gasteiger charge is 2.72.